The molecule has 0 bridgehead atoms. The number of ether oxygens (including phenoxy) is 1. The quantitative estimate of drug-likeness (QED) is 0.829. The topological polar surface area (TPSA) is 41.6 Å². The van der Waals surface area contributed by atoms with Gasteiger partial charge in [-0.05, 0) is 50.9 Å². The molecule has 0 spiro atoms. The minimum Gasteiger partial charge on any atom is -0.493 e. The van der Waals surface area contributed by atoms with E-state index in [1.807, 2.05) is 49.2 Å². The number of benzene rings is 1. The van der Waals surface area contributed by atoms with Crippen molar-refractivity contribution < 1.29 is 9.53 Å². The fraction of sp³-hybridized carbons (Fsp3) is 0.611. The van der Waals surface area contributed by atoms with Gasteiger partial charge in [0.15, 0.2) is 0 Å². The van der Waals surface area contributed by atoms with E-state index in [0.29, 0.717) is 6.61 Å². The lowest BCUT2D eigenvalue weighted by molar-refractivity contribution is -0.137. The molecule has 2 rings (SSSR count). The van der Waals surface area contributed by atoms with Crippen LogP contribution in [0.25, 0.3) is 0 Å². The van der Waals surface area contributed by atoms with Crippen molar-refractivity contribution >= 4 is 18.3 Å². The summed E-state index contributed by atoms with van der Waals surface area (Å²) in [6, 6.07) is 9.68. The fourth-order valence-corrected chi connectivity index (χ4v) is 2.91. The van der Waals surface area contributed by atoms with Crippen LogP contribution in [-0.4, -0.2) is 44.1 Å². The van der Waals surface area contributed by atoms with Gasteiger partial charge in [0.1, 0.15) is 5.75 Å². The summed E-state index contributed by atoms with van der Waals surface area (Å²) >= 11 is 0. The maximum absolute atomic E-state index is 12.5. The highest BCUT2D eigenvalue weighted by atomic mass is 35.5. The van der Waals surface area contributed by atoms with E-state index in [4.69, 9.17) is 4.74 Å². The van der Waals surface area contributed by atoms with Gasteiger partial charge in [0.25, 0.3) is 0 Å². The minimum atomic E-state index is -0.0888. The van der Waals surface area contributed by atoms with Crippen LogP contribution in [0.3, 0.4) is 0 Å². The van der Waals surface area contributed by atoms with Gasteiger partial charge in [0.2, 0.25) is 5.91 Å². The third-order valence-corrected chi connectivity index (χ3v) is 4.39. The Morgan fingerprint density at radius 3 is 2.57 bits per heavy atom. The van der Waals surface area contributed by atoms with Crippen LogP contribution in [0.5, 0.6) is 5.75 Å². The summed E-state index contributed by atoms with van der Waals surface area (Å²) in [5.41, 5.74) is 0. The fourth-order valence-electron chi connectivity index (χ4n) is 2.91. The van der Waals surface area contributed by atoms with Crippen LogP contribution in [0.2, 0.25) is 0 Å². The van der Waals surface area contributed by atoms with Crippen molar-refractivity contribution in [3.05, 3.63) is 30.3 Å². The molecule has 1 aromatic carbocycles. The number of carbonyl (C=O) groups excluding carboxylic acids is 1. The van der Waals surface area contributed by atoms with Crippen LogP contribution in [0, 0.1) is 11.8 Å². The Bertz CT molecular complexity index is 448. The molecule has 1 heterocycles. The van der Waals surface area contributed by atoms with Crippen molar-refractivity contribution in [3.8, 4) is 5.75 Å². The van der Waals surface area contributed by atoms with Crippen molar-refractivity contribution in [2.45, 2.75) is 26.2 Å². The lowest BCUT2D eigenvalue weighted by Crippen LogP contribution is -2.42. The Morgan fingerprint density at radius 2 is 1.96 bits per heavy atom. The third kappa shape index (κ3) is 6.40. The van der Waals surface area contributed by atoms with E-state index in [1.165, 1.54) is 6.42 Å². The van der Waals surface area contributed by atoms with Gasteiger partial charge >= 0.3 is 0 Å². The average Bonchev–Trinajstić information content (AvgIpc) is 2.58. The monoisotopic (exact) mass is 340 g/mol. The lowest BCUT2D eigenvalue weighted by Gasteiger charge is -2.33. The van der Waals surface area contributed by atoms with Gasteiger partial charge in [-0.2, -0.15) is 0 Å². The Labute approximate surface area is 146 Å². The molecule has 1 unspecified atom stereocenters. The summed E-state index contributed by atoms with van der Waals surface area (Å²) in [5.74, 6) is 1.72. The first kappa shape index (κ1) is 19.8. The number of para-hydroxylation sites is 1. The number of hydrogen-bond donors (Lipinski definition) is 1. The van der Waals surface area contributed by atoms with Crippen LogP contribution in [0.15, 0.2) is 30.3 Å². The van der Waals surface area contributed by atoms with Crippen molar-refractivity contribution in [2.75, 3.05) is 33.3 Å². The Kier molecular flexibility index (Phi) is 9.03. The molecule has 0 aliphatic carbocycles. The van der Waals surface area contributed by atoms with Gasteiger partial charge in [0.05, 0.1) is 12.5 Å². The van der Waals surface area contributed by atoms with Gasteiger partial charge in [-0.15, -0.1) is 12.4 Å². The summed E-state index contributed by atoms with van der Waals surface area (Å²) in [6.45, 7) is 5.26. The molecular formula is C18H29ClN2O2. The number of carbonyl (C=O) groups is 1. The number of nitrogens with zero attached hydrogens (tertiary/aromatic N) is 1. The van der Waals surface area contributed by atoms with Crippen molar-refractivity contribution in [2.24, 2.45) is 11.8 Å². The molecule has 5 heteroatoms. The highest BCUT2D eigenvalue weighted by molar-refractivity contribution is 5.85. The molecule has 0 saturated carbocycles. The number of piperidine rings is 1. The Hall–Kier alpha value is -1.26. The second kappa shape index (κ2) is 10.5. The van der Waals surface area contributed by atoms with Gasteiger partial charge < -0.3 is 15.0 Å². The highest BCUT2D eigenvalue weighted by Crippen LogP contribution is 2.21. The summed E-state index contributed by atoms with van der Waals surface area (Å²) in [5, 5.41) is 3.20. The van der Waals surface area contributed by atoms with E-state index in [1.54, 1.807) is 0 Å². The summed E-state index contributed by atoms with van der Waals surface area (Å²) in [4.78, 5) is 14.5. The van der Waals surface area contributed by atoms with Gasteiger partial charge in [-0.1, -0.05) is 25.1 Å². The first-order valence-electron chi connectivity index (χ1n) is 8.32. The molecule has 0 radical (unpaired) electrons. The first-order chi connectivity index (χ1) is 10.7. The predicted molar refractivity (Wildman–Crippen MR) is 96.2 cm³/mol. The molecule has 130 valence electrons. The van der Waals surface area contributed by atoms with Crippen LogP contribution in [-0.2, 0) is 4.79 Å². The van der Waals surface area contributed by atoms with Crippen molar-refractivity contribution in [1.29, 1.82) is 0 Å². The highest BCUT2D eigenvalue weighted by Gasteiger charge is 2.26. The summed E-state index contributed by atoms with van der Waals surface area (Å²) < 4.78 is 5.70. The Morgan fingerprint density at radius 1 is 1.30 bits per heavy atom. The zero-order valence-corrected chi connectivity index (χ0v) is 15.0. The van der Waals surface area contributed by atoms with Crippen LogP contribution in [0.4, 0.5) is 0 Å². The van der Waals surface area contributed by atoms with Crippen LogP contribution >= 0.6 is 12.4 Å². The lowest BCUT2D eigenvalue weighted by atomic mass is 9.93. The molecule has 1 aromatic rings. The van der Waals surface area contributed by atoms with E-state index in [0.717, 1.165) is 44.1 Å². The molecule has 1 N–H and O–H groups in total. The average molecular weight is 341 g/mol. The number of amides is 1. The van der Waals surface area contributed by atoms with E-state index >= 15 is 0 Å². The predicted octanol–water partition coefficient (Wildman–Crippen LogP) is 2.97. The summed E-state index contributed by atoms with van der Waals surface area (Å²) in [6.07, 6.45) is 3.46. The molecule has 1 saturated heterocycles. The molecule has 0 aromatic heterocycles. The van der Waals surface area contributed by atoms with Gasteiger partial charge in [-0.3, -0.25) is 4.79 Å². The molecule has 1 atom stereocenters. The SMILES string of the molecule is CNCCC1CCN(C(=O)C(C)COc2ccccc2)CC1.Cl. The minimum absolute atomic E-state index is 0. The van der Waals surface area contributed by atoms with Crippen LogP contribution < -0.4 is 10.1 Å². The van der Waals surface area contributed by atoms with E-state index in [9.17, 15) is 4.79 Å². The van der Waals surface area contributed by atoms with Gasteiger partial charge in [0, 0.05) is 13.1 Å². The number of rotatable bonds is 7. The molecule has 4 nitrogen and oxygen atoms in total. The molecule has 1 aliphatic heterocycles. The van der Waals surface area contributed by atoms with Gasteiger partial charge in [-0.25, -0.2) is 0 Å². The Balaban J connectivity index is 0.00000264. The second-order valence-corrected chi connectivity index (χ2v) is 6.19. The third-order valence-electron chi connectivity index (χ3n) is 4.39. The summed E-state index contributed by atoms with van der Waals surface area (Å²) in [7, 11) is 1.99. The normalized spacial score (nSPS) is 16.5. The molecule has 23 heavy (non-hydrogen) atoms. The standard InChI is InChI=1S/C18H28N2O2.ClH/c1-15(14-22-17-6-4-3-5-7-17)18(21)20-12-9-16(10-13-20)8-11-19-2;/h3-7,15-16,19H,8-14H2,1-2H3;1H. The second-order valence-electron chi connectivity index (χ2n) is 6.19. The number of halogens is 1. The van der Waals surface area contributed by atoms with E-state index < -0.39 is 0 Å². The zero-order chi connectivity index (χ0) is 15.8. The number of likely N-dealkylation sites (tertiary alicyclic amines) is 1. The molecular weight excluding hydrogens is 312 g/mol. The van der Waals surface area contributed by atoms with Crippen molar-refractivity contribution in [1.82, 2.24) is 10.2 Å². The van der Waals surface area contributed by atoms with E-state index in [-0.39, 0.29) is 24.2 Å². The molecule has 1 amide bonds. The van der Waals surface area contributed by atoms with Crippen LogP contribution in [0.1, 0.15) is 26.2 Å². The van der Waals surface area contributed by atoms with E-state index in [2.05, 4.69) is 5.32 Å². The number of nitrogens with one attached hydrogen (secondary N) is 1. The first-order valence-corrected chi connectivity index (χ1v) is 8.32. The molecule has 1 fully saturated rings. The smallest absolute Gasteiger partial charge is 0.228 e. The van der Waals surface area contributed by atoms with Crippen molar-refractivity contribution in [3.63, 3.8) is 0 Å². The molecule has 1 aliphatic rings. The largest absolute Gasteiger partial charge is 0.493 e. The maximum Gasteiger partial charge on any atom is 0.228 e. The maximum atomic E-state index is 12.5. The number of hydrogen-bond acceptors (Lipinski definition) is 3. The zero-order valence-electron chi connectivity index (χ0n) is 14.2.